The Labute approximate surface area is 230 Å². The van der Waals surface area contributed by atoms with Crippen LogP contribution in [0.25, 0.3) is 0 Å². The molecule has 0 unspecified atom stereocenters. The van der Waals surface area contributed by atoms with Crippen LogP contribution in [0.3, 0.4) is 0 Å². The lowest BCUT2D eigenvalue weighted by atomic mass is 9.83. The average molecular weight is 572 g/mol. The Hall–Kier alpha value is -3.12. The molecular weight excluding hydrogens is 550 g/mol. The smallest absolute Gasteiger partial charge is 0.305 e. The van der Waals surface area contributed by atoms with Gasteiger partial charge in [0.05, 0.1) is 29.8 Å². The minimum Gasteiger partial charge on any atom is -0.484 e. The van der Waals surface area contributed by atoms with Gasteiger partial charge in [0.15, 0.2) is 6.61 Å². The normalized spacial score (nSPS) is 22.8. The molecule has 3 aliphatic rings. The van der Waals surface area contributed by atoms with Gasteiger partial charge in [-0.1, -0.05) is 46.8 Å². The molecule has 4 heterocycles. The number of aromatic amines is 1. The number of nitrogens with one attached hydrogen (secondary N) is 1. The van der Waals surface area contributed by atoms with Gasteiger partial charge in [0.25, 0.3) is 5.91 Å². The van der Waals surface area contributed by atoms with Gasteiger partial charge in [0.1, 0.15) is 11.0 Å². The fourth-order valence-corrected chi connectivity index (χ4v) is 7.71. The van der Waals surface area contributed by atoms with E-state index in [1.807, 2.05) is 6.07 Å². The van der Waals surface area contributed by atoms with E-state index in [1.54, 1.807) is 47.4 Å². The van der Waals surface area contributed by atoms with E-state index in [1.165, 1.54) is 16.7 Å². The first-order valence-electron chi connectivity index (χ1n) is 12.0. The fraction of sp³-hybridized carbons (Fsp3) is 0.308. The van der Waals surface area contributed by atoms with Gasteiger partial charge in [0, 0.05) is 28.9 Å². The quantitative estimate of drug-likeness (QED) is 0.469. The molecule has 3 amide bonds. The second kappa shape index (κ2) is 10.2. The predicted octanol–water partition coefficient (Wildman–Crippen LogP) is 3.12. The molecule has 0 aliphatic carbocycles. The Morgan fingerprint density at radius 3 is 2.61 bits per heavy atom. The molecule has 12 heteroatoms. The number of anilines is 1. The Kier molecular flexibility index (Phi) is 6.77. The number of thiazole rings is 1. The number of benzene rings is 2. The Bertz CT molecular complexity index is 1470. The number of hydrogen-bond donors (Lipinski definition) is 1. The molecule has 196 valence electrons. The highest BCUT2D eigenvalue weighted by atomic mass is 35.5. The number of morpholine rings is 1. The summed E-state index contributed by atoms with van der Waals surface area (Å²) in [6.07, 6.45) is 0. The highest BCUT2D eigenvalue weighted by Gasteiger charge is 2.56. The number of thioether (sulfide) groups is 1. The Balaban J connectivity index is 1.32. The van der Waals surface area contributed by atoms with Crippen molar-refractivity contribution in [2.24, 2.45) is 5.92 Å². The number of amides is 3. The van der Waals surface area contributed by atoms with Crippen molar-refractivity contribution in [2.45, 2.75) is 16.2 Å². The van der Waals surface area contributed by atoms with Crippen molar-refractivity contribution in [1.29, 1.82) is 0 Å². The molecule has 0 bridgehead atoms. The van der Waals surface area contributed by atoms with Gasteiger partial charge in [-0.2, -0.15) is 0 Å². The summed E-state index contributed by atoms with van der Waals surface area (Å²) in [5.74, 6) is -1.58. The largest absolute Gasteiger partial charge is 0.484 e. The summed E-state index contributed by atoms with van der Waals surface area (Å²) >= 11 is 8.28. The molecule has 0 spiro atoms. The zero-order valence-corrected chi connectivity index (χ0v) is 22.3. The first-order valence-corrected chi connectivity index (χ1v) is 14.1. The van der Waals surface area contributed by atoms with E-state index in [4.69, 9.17) is 21.1 Å². The number of carbonyl (C=O) groups excluding carboxylic acids is 3. The van der Waals surface area contributed by atoms with Gasteiger partial charge in [-0.05, 0) is 42.0 Å². The zero-order valence-electron chi connectivity index (χ0n) is 19.9. The van der Waals surface area contributed by atoms with Crippen molar-refractivity contribution in [1.82, 2.24) is 9.88 Å². The van der Waals surface area contributed by atoms with Crippen molar-refractivity contribution in [3.05, 3.63) is 73.7 Å². The third-order valence-electron chi connectivity index (χ3n) is 6.85. The molecule has 9 nitrogen and oxygen atoms in total. The van der Waals surface area contributed by atoms with E-state index in [-0.39, 0.29) is 29.2 Å². The van der Waals surface area contributed by atoms with Gasteiger partial charge in [0.2, 0.25) is 11.8 Å². The second-order valence-electron chi connectivity index (χ2n) is 9.09. The van der Waals surface area contributed by atoms with Crippen LogP contribution < -0.4 is 14.5 Å². The number of H-pyrrole nitrogens is 1. The van der Waals surface area contributed by atoms with Crippen molar-refractivity contribution in [3.63, 3.8) is 0 Å². The number of nitrogens with zero attached hydrogens (tertiary/aromatic N) is 2. The maximum atomic E-state index is 13.8. The minimum absolute atomic E-state index is 0.124. The number of carbonyl (C=O) groups is 3. The summed E-state index contributed by atoms with van der Waals surface area (Å²) in [6, 6.07) is 13.7. The van der Waals surface area contributed by atoms with Crippen LogP contribution in [0.2, 0.25) is 5.02 Å². The summed E-state index contributed by atoms with van der Waals surface area (Å²) < 4.78 is 11.1. The highest BCUT2D eigenvalue weighted by Crippen LogP contribution is 2.53. The lowest BCUT2D eigenvalue weighted by molar-refractivity contribution is -0.137. The fourth-order valence-electron chi connectivity index (χ4n) is 5.07. The molecule has 3 aromatic rings. The van der Waals surface area contributed by atoms with Crippen LogP contribution in [0, 0.1) is 5.92 Å². The zero-order chi connectivity index (χ0) is 26.4. The molecule has 1 N–H and O–H groups in total. The van der Waals surface area contributed by atoms with E-state index < -0.39 is 17.1 Å². The second-order valence-corrected chi connectivity index (χ2v) is 11.7. The lowest BCUT2D eigenvalue weighted by Crippen LogP contribution is -2.42. The summed E-state index contributed by atoms with van der Waals surface area (Å²) in [5, 5.41) is 0.397. The number of imide groups is 1. The number of ether oxygens (including phenoxy) is 2. The summed E-state index contributed by atoms with van der Waals surface area (Å²) in [7, 11) is 0. The van der Waals surface area contributed by atoms with Crippen LogP contribution in [-0.4, -0.2) is 65.8 Å². The number of hydrogen-bond acceptors (Lipinski definition) is 8. The molecule has 6 rings (SSSR count). The maximum Gasteiger partial charge on any atom is 0.305 e. The van der Waals surface area contributed by atoms with Crippen LogP contribution in [-0.2, 0) is 19.1 Å². The van der Waals surface area contributed by atoms with E-state index in [9.17, 15) is 19.2 Å². The molecule has 2 aromatic carbocycles. The predicted molar refractivity (Wildman–Crippen MR) is 143 cm³/mol. The van der Waals surface area contributed by atoms with Crippen molar-refractivity contribution >= 4 is 58.1 Å². The van der Waals surface area contributed by atoms with Gasteiger partial charge < -0.3 is 19.4 Å². The van der Waals surface area contributed by atoms with Gasteiger partial charge in [-0.25, -0.2) is 4.90 Å². The Morgan fingerprint density at radius 1 is 1.08 bits per heavy atom. The molecule has 1 aromatic heterocycles. The Morgan fingerprint density at radius 2 is 1.84 bits per heavy atom. The van der Waals surface area contributed by atoms with Crippen molar-refractivity contribution in [2.75, 3.05) is 37.8 Å². The third-order valence-corrected chi connectivity index (χ3v) is 9.51. The standard InChI is InChI=1S/C26H22ClN3O6S2/c27-15-4-6-16(7-5-15)30-24(32)20-19(21-23(28-26(34)38-21)37-22(20)25(30)33)14-2-1-3-17(12-14)36-13-18(31)29-8-10-35-11-9-29/h1-7,12,19-20,22H,8-11,13H2,(H,28,34)/t19-,20-,22+/m0/s1. The molecule has 0 saturated carbocycles. The monoisotopic (exact) mass is 571 g/mol. The van der Waals surface area contributed by atoms with Crippen LogP contribution >= 0.6 is 34.7 Å². The molecule has 38 heavy (non-hydrogen) atoms. The summed E-state index contributed by atoms with van der Waals surface area (Å²) in [6.45, 7) is 1.94. The van der Waals surface area contributed by atoms with E-state index in [2.05, 4.69) is 4.98 Å². The first-order chi connectivity index (χ1) is 18.4. The maximum absolute atomic E-state index is 13.8. The van der Waals surface area contributed by atoms with Gasteiger partial charge in [-0.15, -0.1) is 0 Å². The van der Waals surface area contributed by atoms with Crippen molar-refractivity contribution in [3.8, 4) is 5.75 Å². The van der Waals surface area contributed by atoms with Crippen molar-refractivity contribution < 1.29 is 23.9 Å². The molecule has 3 aliphatic heterocycles. The molecule has 0 radical (unpaired) electrons. The number of fused-ring (bicyclic) bond motifs is 2. The van der Waals surface area contributed by atoms with Gasteiger partial charge in [-0.3, -0.25) is 19.2 Å². The SMILES string of the molecule is O=C(COc1cccc([C@@H]2c3sc(=O)[nH]c3S[C@H]3C(=O)N(c4ccc(Cl)cc4)C(=O)[C@@H]23)c1)N1CCOCC1. The van der Waals surface area contributed by atoms with Crippen LogP contribution in [0.15, 0.2) is 58.4 Å². The van der Waals surface area contributed by atoms with Gasteiger partial charge >= 0.3 is 4.87 Å². The average Bonchev–Trinajstić information content (AvgIpc) is 3.42. The van der Waals surface area contributed by atoms with E-state index >= 15 is 0 Å². The molecule has 2 fully saturated rings. The summed E-state index contributed by atoms with van der Waals surface area (Å²) in [5.41, 5.74) is 1.18. The van der Waals surface area contributed by atoms with E-state index in [0.717, 1.165) is 16.9 Å². The highest BCUT2D eigenvalue weighted by molar-refractivity contribution is 8.00. The molecule has 2 saturated heterocycles. The van der Waals surface area contributed by atoms with E-state index in [0.29, 0.717) is 52.7 Å². The van der Waals surface area contributed by atoms with Crippen LogP contribution in [0.1, 0.15) is 16.4 Å². The topological polar surface area (TPSA) is 109 Å². The third kappa shape index (κ3) is 4.53. The first kappa shape index (κ1) is 25.2. The minimum atomic E-state index is -0.715. The molecule has 3 atom stereocenters. The lowest BCUT2D eigenvalue weighted by Gasteiger charge is -2.30. The van der Waals surface area contributed by atoms with Crippen LogP contribution in [0.5, 0.6) is 5.75 Å². The molecular formula is C26H22ClN3O6S2. The van der Waals surface area contributed by atoms with Crippen LogP contribution in [0.4, 0.5) is 5.69 Å². The number of rotatable bonds is 5. The number of halogens is 1. The number of aromatic nitrogens is 1. The summed E-state index contributed by atoms with van der Waals surface area (Å²) in [4.78, 5) is 58.4.